The highest BCUT2D eigenvalue weighted by molar-refractivity contribution is 8.00. The van der Waals surface area contributed by atoms with Crippen LogP contribution < -0.4 is 0 Å². The van der Waals surface area contributed by atoms with Crippen molar-refractivity contribution in [3.63, 3.8) is 0 Å². The molecule has 1 aliphatic rings. The third-order valence-corrected chi connectivity index (χ3v) is 6.40. The lowest BCUT2D eigenvalue weighted by atomic mass is 9.78. The second-order valence-corrected chi connectivity index (χ2v) is 8.73. The number of hydrogen-bond donors (Lipinski definition) is 0. The van der Waals surface area contributed by atoms with Crippen LogP contribution in [0.25, 0.3) is 0 Å². The minimum absolute atomic E-state index is 0.454. The van der Waals surface area contributed by atoms with Crippen molar-refractivity contribution in [2.45, 2.75) is 71.8 Å². The van der Waals surface area contributed by atoms with Gasteiger partial charge in [0.2, 0.25) is 0 Å². The summed E-state index contributed by atoms with van der Waals surface area (Å²) in [5.74, 6) is 2.65. The molecule has 0 spiro atoms. The average Bonchev–Trinajstić information content (AvgIpc) is 2.26. The molecule has 16 heavy (non-hydrogen) atoms. The molecule has 1 fully saturated rings. The van der Waals surface area contributed by atoms with Gasteiger partial charge >= 0.3 is 0 Å². The molecule has 0 bridgehead atoms. The summed E-state index contributed by atoms with van der Waals surface area (Å²) in [5.41, 5.74) is 0.454. The van der Waals surface area contributed by atoms with Crippen molar-refractivity contribution in [3.05, 3.63) is 0 Å². The molecule has 0 radical (unpaired) electrons. The molecule has 1 heteroatoms. The Morgan fingerprint density at radius 3 is 2.06 bits per heavy atom. The molecule has 0 nitrogen and oxygen atoms in total. The minimum Gasteiger partial charge on any atom is -0.155 e. The maximum absolute atomic E-state index is 2.44. The number of hydrogen-bond acceptors (Lipinski definition) is 1. The van der Waals surface area contributed by atoms with E-state index in [0.29, 0.717) is 5.41 Å². The first-order chi connectivity index (χ1) is 7.21. The highest BCUT2D eigenvalue weighted by atomic mass is 32.2. The van der Waals surface area contributed by atoms with Crippen molar-refractivity contribution in [1.82, 2.24) is 0 Å². The summed E-state index contributed by atoms with van der Waals surface area (Å²) in [7, 11) is 0. The molecular formula is C15H30S. The Bertz CT molecular complexity index is 214. The van der Waals surface area contributed by atoms with E-state index >= 15 is 0 Å². The van der Waals surface area contributed by atoms with E-state index < -0.39 is 0 Å². The molecule has 0 amide bonds. The molecule has 0 aromatic rings. The van der Waals surface area contributed by atoms with Gasteiger partial charge < -0.3 is 0 Å². The van der Waals surface area contributed by atoms with Gasteiger partial charge in [-0.2, -0.15) is 11.8 Å². The van der Waals surface area contributed by atoms with Crippen molar-refractivity contribution >= 4 is 11.8 Å². The zero-order chi connectivity index (χ0) is 12.5. The molecule has 0 aromatic heterocycles. The Morgan fingerprint density at radius 2 is 1.62 bits per heavy atom. The van der Waals surface area contributed by atoms with Crippen LogP contribution in [0.5, 0.6) is 0 Å². The molecule has 1 saturated heterocycles. The standard InChI is InChI=1S/C15H30S/c1-10(2)13-8-11(3)12(4)16-14(9-13)15(5,6)7/h10-14H,8-9H2,1-7H3/t11?,12?,13-,14+/m1/s1. The first kappa shape index (κ1) is 14.4. The average molecular weight is 242 g/mol. The van der Waals surface area contributed by atoms with E-state index in [1.54, 1.807) is 0 Å². The monoisotopic (exact) mass is 242 g/mol. The molecule has 1 rings (SSSR count). The van der Waals surface area contributed by atoms with Crippen molar-refractivity contribution < 1.29 is 0 Å². The Kier molecular flexibility index (Phi) is 4.80. The third-order valence-electron chi connectivity index (χ3n) is 4.28. The lowest BCUT2D eigenvalue weighted by Crippen LogP contribution is -2.27. The summed E-state index contributed by atoms with van der Waals surface area (Å²) < 4.78 is 0. The molecule has 0 N–H and O–H groups in total. The topological polar surface area (TPSA) is 0 Å². The predicted octanol–water partition coefficient (Wildman–Crippen LogP) is 5.22. The first-order valence-corrected chi connectivity index (χ1v) is 7.81. The third kappa shape index (κ3) is 3.68. The molecular weight excluding hydrogens is 212 g/mol. The lowest BCUT2D eigenvalue weighted by molar-refractivity contribution is 0.260. The molecule has 96 valence electrons. The van der Waals surface area contributed by atoms with E-state index in [4.69, 9.17) is 0 Å². The molecule has 0 saturated carbocycles. The van der Waals surface area contributed by atoms with Gasteiger partial charge in [0, 0.05) is 10.5 Å². The summed E-state index contributed by atoms with van der Waals surface area (Å²) in [6.07, 6.45) is 2.85. The van der Waals surface area contributed by atoms with Crippen molar-refractivity contribution in [1.29, 1.82) is 0 Å². The van der Waals surface area contributed by atoms with E-state index in [9.17, 15) is 0 Å². The summed E-state index contributed by atoms with van der Waals surface area (Å²) in [4.78, 5) is 0. The summed E-state index contributed by atoms with van der Waals surface area (Å²) in [6, 6.07) is 0. The van der Waals surface area contributed by atoms with Gasteiger partial charge in [0.05, 0.1) is 0 Å². The van der Waals surface area contributed by atoms with Crippen LogP contribution in [0, 0.1) is 23.2 Å². The quantitative estimate of drug-likeness (QED) is 0.607. The van der Waals surface area contributed by atoms with Gasteiger partial charge in [0.25, 0.3) is 0 Å². The lowest BCUT2D eigenvalue weighted by Gasteiger charge is -2.33. The van der Waals surface area contributed by atoms with Gasteiger partial charge in [-0.05, 0) is 36.0 Å². The van der Waals surface area contributed by atoms with E-state index in [0.717, 1.165) is 28.3 Å². The van der Waals surface area contributed by atoms with Crippen LogP contribution in [-0.4, -0.2) is 10.5 Å². The molecule has 4 atom stereocenters. The van der Waals surface area contributed by atoms with Crippen molar-refractivity contribution in [2.75, 3.05) is 0 Å². The van der Waals surface area contributed by atoms with Crippen molar-refractivity contribution in [3.8, 4) is 0 Å². The van der Waals surface area contributed by atoms with Crippen LogP contribution in [0.3, 0.4) is 0 Å². The molecule has 0 aromatic carbocycles. The van der Waals surface area contributed by atoms with E-state index in [2.05, 4.69) is 60.2 Å². The maximum Gasteiger partial charge on any atom is 0.0101 e. The predicted molar refractivity (Wildman–Crippen MR) is 77.0 cm³/mol. The van der Waals surface area contributed by atoms with Crippen LogP contribution in [0.15, 0.2) is 0 Å². The zero-order valence-electron chi connectivity index (χ0n) is 12.2. The Morgan fingerprint density at radius 1 is 1.06 bits per heavy atom. The normalized spacial score (nSPS) is 37.5. The second kappa shape index (κ2) is 5.33. The van der Waals surface area contributed by atoms with Crippen molar-refractivity contribution in [2.24, 2.45) is 23.2 Å². The molecule has 1 aliphatic heterocycles. The number of rotatable bonds is 1. The fraction of sp³-hybridized carbons (Fsp3) is 1.00. The van der Waals surface area contributed by atoms with Gasteiger partial charge in [-0.15, -0.1) is 0 Å². The zero-order valence-corrected chi connectivity index (χ0v) is 13.0. The summed E-state index contributed by atoms with van der Waals surface area (Å²) in [6.45, 7) is 16.9. The summed E-state index contributed by atoms with van der Waals surface area (Å²) in [5, 5.41) is 1.66. The Balaban J connectivity index is 2.80. The molecule has 2 unspecified atom stereocenters. The molecule has 0 aliphatic carbocycles. The molecule has 1 heterocycles. The summed E-state index contributed by atoms with van der Waals surface area (Å²) >= 11 is 2.24. The maximum atomic E-state index is 2.44. The smallest absolute Gasteiger partial charge is 0.0101 e. The van der Waals surface area contributed by atoms with Crippen LogP contribution >= 0.6 is 11.8 Å². The van der Waals surface area contributed by atoms with E-state index in [-0.39, 0.29) is 0 Å². The second-order valence-electron chi connectivity index (χ2n) is 7.15. The van der Waals surface area contributed by atoms with Crippen LogP contribution in [0.4, 0.5) is 0 Å². The SMILES string of the molecule is CC1C[C@@H](C(C)C)C[C@@H](C(C)(C)C)SC1C. The Hall–Kier alpha value is 0.350. The largest absolute Gasteiger partial charge is 0.155 e. The van der Waals surface area contributed by atoms with Gasteiger partial charge in [0.1, 0.15) is 0 Å². The van der Waals surface area contributed by atoms with Crippen LogP contribution in [0.2, 0.25) is 0 Å². The highest BCUT2D eigenvalue weighted by Crippen LogP contribution is 2.45. The van der Waals surface area contributed by atoms with Crippen LogP contribution in [0.1, 0.15) is 61.3 Å². The van der Waals surface area contributed by atoms with Gasteiger partial charge in [-0.1, -0.05) is 48.5 Å². The number of thioether (sulfide) groups is 1. The van der Waals surface area contributed by atoms with E-state index in [1.165, 1.54) is 12.8 Å². The van der Waals surface area contributed by atoms with Gasteiger partial charge in [-0.25, -0.2) is 0 Å². The highest BCUT2D eigenvalue weighted by Gasteiger charge is 2.35. The first-order valence-electron chi connectivity index (χ1n) is 6.87. The van der Waals surface area contributed by atoms with E-state index in [1.807, 2.05) is 0 Å². The van der Waals surface area contributed by atoms with Crippen LogP contribution in [-0.2, 0) is 0 Å². The minimum atomic E-state index is 0.454. The van der Waals surface area contributed by atoms with Gasteiger partial charge in [-0.3, -0.25) is 0 Å². The fourth-order valence-corrected chi connectivity index (χ4v) is 4.26. The van der Waals surface area contributed by atoms with Gasteiger partial charge in [0.15, 0.2) is 0 Å². The Labute approximate surface area is 107 Å². The fourth-order valence-electron chi connectivity index (χ4n) is 2.59.